The molecule has 0 aromatic heterocycles. The van der Waals surface area contributed by atoms with Crippen LogP contribution in [-0.2, 0) is 19.1 Å². The lowest BCUT2D eigenvalue weighted by Gasteiger charge is -2.13. The van der Waals surface area contributed by atoms with Gasteiger partial charge in [-0.05, 0) is 52.4 Å². The van der Waals surface area contributed by atoms with Crippen molar-refractivity contribution in [1.29, 1.82) is 0 Å². The molecule has 0 saturated heterocycles. The third-order valence-corrected chi connectivity index (χ3v) is 8.11. The van der Waals surface area contributed by atoms with Crippen LogP contribution in [-0.4, -0.2) is 24.1 Å². The Kier molecular flexibility index (Phi) is 30.1. The molecular formula is C36H70O4. The van der Waals surface area contributed by atoms with Crippen molar-refractivity contribution < 1.29 is 19.1 Å². The first-order chi connectivity index (χ1) is 19.5. The average molecular weight is 567 g/mol. The molecule has 0 radical (unpaired) electrons. The van der Waals surface area contributed by atoms with E-state index in [9.17, 15) is 9.59 Å². The van der Waals surface area contributed by atoms with E-state index in [1.165, 1.54) is 103 Å². The molecule has 0 aliphatic rings. The maximum absolute atomic E-state index is 12.1. The van der Waals surface area contributed by atoms with E-state index in [0.29, 0.717) is 12.8 Å². The van der Waals surface area contributed by atoms with Gasteiger partial charge in [0.2, 0.25) is 0 Å². The van der Waals surface area contributed by atoms with Crippen LogP contribution in [0.15, 0.2) is 0 Å². The van der Waals surface area contributed by atoms with Crippen molar-refractivity contribution in [2.45, 2.75) is 220 Å². The molecule has 238 valence electrons. The molecule has 0 amide bonds. The number of carbonyl (C=O) groups excluding carboxylic acids is 2. The Balaban J connectivity index is 3.46. The zero-order chi connectivity index (χ0) is 29.5. The maximum Gasteiger partial charge on any atom is 0.306 e. The van der Waals surface area contributed by atoms with Gasteiger partial charge < -0.3 is 9.47 Å². The summed E-state index contributed by atoms with van der Waals surface area (Å²) in [5.74, 6) is -0.0783. The number of carbonyl (C=O) groups is 2. The van der Waals surface area contributed by atoms with Crippen LogP contribution in [0.2, 0.25) is 0 Å². The molecule has 0 N–H and O–H groups in total. The van der Waals surface area contributed by atoms with Crippen molar-refractivity contribution in [2.75, 3.05) is 0 Å². The summed E-state index contributed by atoms with van der Waals surface area (Å²) in [6.45, 7) is 8.59. The van der Waals surface area contributed by atoms with E-state index in [1.807, 2.05) is 13.8 Å². The third-order valence-electron chi connectivity index (χ3n) is 8.11. The van der Waals surface area contributed by atoms with Gasteiger partial charge >= 0.3 is 11.9 Å². The number of hydrogen-bond acceptors (Lipinski definition) is 4. The largest absolute Gasteiger partial charge is 0.463 e. The molecule has 0 rings (SSSR count). The Labute approximate surface area is 250 Å². The van der Waals surface area contributed by atoms with Gasteiger partial charge in [0, 0.05) is 12.8 Å². The highest BCUT2D eigenvalue weighted by atomic mass is 16.5. The molecule has 0 fully saturated rings. The van der Waals surface area contributed by atoms with Crippen LogP contribution in [0.5, 0.6) is 0 Å². The second-order valence-corrected chi connectivity index (χ2v) is 12.5. The van der Waals surface area contributed by atoms with E-state index < -0.39 is 0 Å². The molecule has 0 bridgehead atoms. The zero-order valence-corrected chi connectivity index (χ0v) is 27.6. The molecule has 0 aromatic rings. The first-order valence-corrected chi connectivity index (χ1v) is 17.9. The highest BCUT2D eigenvalue weighted by molar-refractivity contribution is 5.69. The molecule has 0 aliphatic heterocycles. The summed E-state index contributed by atoms with van der Waals surface area (Å²) >= 11 is 0. The minimum atomic E-state index is -0.0392. The van der Waals surface area contributed by atoms with Crippen molar-refractivity contribution in [3.8, 4) is 0 Å². The van der Waals surface area contributed by atoms with Crippen LogP contribution >= 0.6 is 0 Å². The van der Waals surface area contributed by atoms with E-state index in [0.717, 1.165) is 64.2 Å². The van der Waals surface area contributed by atoms with E-state index in [2.05, 4.69) is 13.8 Å². The predicted octanol–water partition coefficient (Wildman–Crippen LogP) is 11.8. The molecule has 4 nitrogen and oxygen atoms in total. The first-order valence-electron chi connectivity index (χ1n) is 17.9. The van der Waals surface area contributed by atoms with Crippen LogP contribution in [0.25, 0.3) is 0 Å². The predicted molar refractivity (Wildman–Crippen MR) is 172 cm³/mol. The van der Waals surface area contributed by atoms with Crippen molar-refractivity contribution in [1.82, 2.24) is 0 Å². The van der Waals surface area contributed by atoms with Crippen LogP contribution in [0.3, 0.4) is 0 Å². The molecule has 0 spiro atoms. The monoisotopic (exact) mass is 567 g/mol. The topological polar surface area (TPSA) is 52.6 Å². The standard InChI is InChI=1S/C36H70O4/c1-5-7-9-11-13-15-17-21-25-29-33(3)39-35(37)31-27-23-19-20-24-28-32-36(38)40-34(4)30-26-22-18-16-14-12-10-8-6-2/h33-34H,5-32H2,1-4H3. The summed E-state index contributed by atoms with van der Waals surface area (Å²) in [7, 11) is 0. The molecular weight excluding hydrogens is 496 g/mol. The fourth-order valence-corrected chi connectivity index (χ4v) is 5.42. The van der Waals surface area contributed by atoms with Gasteiger partial charge in [0.25, 0.3) is 0 Å². The maximum atomic E-state index is 12.1. The number of esters is 2. The van der Waals surface area contributed by atoms with E-state index in [-0.39, 0.29) is 24.1 Å². The number of rotatable bonds is 31. The number of unbranched alkanes of at least 4 members (excludes halogenated alkanes) is 21. The zero-order valence-electron chi connectivity index (χ0n) is 27.6. The second kappa shape index (κ2) is 30.9. The smallest absolute Gasteiger partial charge is 0.306 e. The van der Waals surface area contributed by atoms with Gasteiger partial charge in [0.1, 0.15) is 0 Å². The molecule has 0 aliphatic carbocycles. The average Bonchev–Trinajstić information content (AvgIpc) is 2.92. The fourth-order valence-electron chi connectivity index (χ4n) is 5.42. The number of hydrogen-bond donors (Lipinski definition) is 0. The van der Waals surface area contributed by atoms with Crippen LogP contribution in [0.4, 0.5) is 0 Å². The van der Waals surface area contributed by atoms with Crippen molar-refractivity contribution in [3.63, 3.8) is 0 Å². The molecule has 0 aromatic carbocycles. The fraction of sp³-hybridized carbons (Fsp3) is 0.944. The lowest BCUT2D eigenvalue weighted by atomic mass is 10.1. The summed E-state index contributed by atoms with van der Waals surface area (Å²) in [5, 5.41) is 0. The highest BCUT2D eigenvalue weighted by Gasteiger charge is 2.10. The van der Waals surface area contributed by atoms with Crippen LogP contribution in [0.1, 0.15) is 207 Å². The van der Waals surface area contributed by atoms with E-state index in [1.54, 1.807) is 0 Å². The SMILES string of the molecule is CCCCCCCCCCCC(C)OC(=O)CCCCCCCCC(=O)OC(C)CCCCCCCCCCC. The molecule has 4 heteroatoms. The van der Waals surface area contributed by atoms with Gasteiger partial charge in [-0.3, -0.25) is 9.59 Å². The van der Waals surface area contributed by atoms with Gasteiger partial charge in [0.05, 0.1) is 12.2 Å². The normalized spacial score (nSPS) is 12.8. The second-order valence-electron chi connectivity index (χ2n) is 12.5. The molecule has 40 heavy (non-hydrogen) atoms. The van der Waals surface area contributed by atoms with Crippen LogP contribution < -0.4 is 0 Å². The van der Waals surface area contributed by atoms with Crippen LogP contribution in [0, 0.1) is 0 Å². The summed E-state index contributed by atoms with van der Waals surface area (Å²) < 4.78 is 11.2. The minimum Gasteiger partial charge on any atom is -0.463 e. The van der Waals surface area contributed by atoms with Gasteiger partial charge in [0.15, 0.2) is 0 Å². The molecule has 0 heterocycles. The lowest BCUT2D eigenvalue weighted by molar-refractivity contribution is -0.149. The highest BCUT2D eigenvalue weighted by Crippen LogP contribution is 2.15. The first kappa shape index (κ1) is 38.9. The van der Waals surface area contributed by atoms with Gasteiger partial charge in [-0.15, -0.1) is 0 Å². The Hall–Kier alpha value is -1.06. The summed E-state index contributed by atoms with van der Waals surface area (Å²) in [6, 6.07) is 0. The Morgan fingerprint density at radius 2 is 0.650 bits per heavy atom. The molecule has 2 atom stereocenters. The minimum absolute atomic E-state index is 0.0392. The van der Waals surface area contributed by atoms with E-state index >= 15 is 0 Å². The number of ether oxygens (including phenoxy) is 2. The summed E-state index contributed by atoms with van der Waals surface area (Å²) in [6.07, 6.45) is 33.1. The quantitative estimate of drug-likeness (QED) is 0.0618. The van der Waals surface area contributed by atoms with Crippen molar-refractivity contribution in [3.05, 3.63) is 0 Å². The van der Waals surface area contributed by atoms with Crippen molar-refractivity contribution in [2.24, 2.45) is 0 Å². The molecule has 0 saturated carbocycles. The van der Waals surface area contributed by atoms with Gasteiger partial charge in [-0.1, -0.05) is 142 Å². The van der Waals surface area contributed by atoms with Crippen molar-refractivity contribution >= 4 is 11.9 Å². The molecule has 2 unspecified atom stereocenters. The Bertz CT molecular complexity index is 499. The third kappa shape index (κ3) is 29.9. The van der Waals surface area contributed by atoms with E-state index in [4.69, 9.17) is 9.47 Å². The summed E-state index contributed by atoms with van der Waals surface area (Å²) in [5.41, 5.74) is 0. The van der Waals surface area contributed by atoms with Gasteiger partial charge in [-0.25, -0.2) is 0 Å². The Morgan fingerprint density at radius 1 is 0.400 bits per heavy atom. The summed E-state index contributed by atoms with van der Waals surface area (Å²) in [4.78, 5) is 24.2. The lowest BCUT2D eigenvalue weighted by Crippen LogP contribution is -2.14. The Morgan fingerprint density at radius 3 is 0.950 bits per heavy atom. The van der Waals surface area contributed by atoms with Gasteiger partial charge in [-0.2, -0.15) is 0 Å².